The highest BCUT2D eigenvalue weighted by atomic mass is 16.5. The largest absolute Gasteiger partial charge is 0.491 e. The molecule has 1 atom stereocenters. The average Bonchev–Trinajstić information content (AvgIpc) is 2.64. The lowest BCUT2D eigenvalue weighted by atomic mass is 10.1. The van der Waals surface area contributed by atoms with Gasteiger partial charge in [-0.1, -0.05) is 23.8 Å². The van der Waals surface area contributed by atoms with Crippen LogP contribution in [0.25, 0.3) is 10.9 Å². The highest BCUT2D eigenvalue weighted by Gasteiger charge is 2.09. The van der Waals surface area contributed by atoms with Crippen LogP contribution in [0.2, 0.25) is 0 Å². The standard InChI is InChI=1S/C23H28N2O3/c1-14-8-16(3)22-18(9-14)10-19(23(27)25-22)11-24-12-20(26)13-28-21-7-5-6-15(2)17(21)4/h5-10,20,24,26H,11-13H2,1-4H3,(H,25,27)/t20-/m0/s1. The van der Waals surface area contributed by atoms with Gasteiger partial charge < -0.3 is 20.1 Å². The molecule has 5 nitrogen and oxygen atoms in total. The molecule has 0 amide bonds. The van der Waals surface area contributed by atoms with Gasteiger partial charge in [0.1, 0.15) is 18.5 Å². The summed E-state index contributed by atoms with van der Waals surface area (Å²) in [5.41, 5.74) is 5.89. The zero-order valence-electron chi connectivity index (χ0n) is 16.9. The number of hydrogen-bond acceptors (Lipinski definition) is 4. The van der Waals surface area contributed by atoms with Gasteiger partial charge in [-0.05, 0) is 68.0 Å². The fourth-order valence-corrected chi connectivity index (χ4v) is 3.36. The number of aliphatic hydroxyl groups excluding tert-OH is 1. The highest BCUT2D eigenvalue weighted by molar-refractivity contribution is 5.82. The van der Waals surface area contributed by atoms with E-state index in [9.17, 15) is 9.90 Å². The number of pyridine rings is 1. The molecule has 0 fully saturated rings. The Bertz CT molecular complexity index is 1040. The Kier molecular flexibility index (Phi) is 6.17. The van der Waals surface area contributed by atoms with E-state index in [2.05, 4.69) is 22.4 Å². The maximum atomic E-state index is 12.3. The number of fused-ring (bicyclic) bond motifs is 1. The van der Waals surface area contributed by atoms with Crippen molar-refractivity contribution in [2.75, 3.05) is 13.2 Å². The second-order valence-corrected chi connectivity index (χ2v) is 7.46. The molecule has 5 heteroatoms. The van der Waals surface area contributed by atoms with Crippen LogP contribution >= 0.6 is 0 Å². The molecule has 3 aromatic rings. The first kappa shape index (κ1) is 20.1. The van der Waals surface area contributed by atoms with Gasteiger partial charge in [-0.3, -0.25) is 4.79 Å². The lowest BCUT2D eigenvalue weighted by Crippen LogP contribution is -2.32. The Balaban J connectivity index is 1.58. The third kappa shape index (κ3) is 4.61. The summed E-state index contributed by atoms with van der Waals surface area (Å²) < 4.78 is 5.73. The van der Waals surface area contributed by atoms with Crippen molar-refractivity contribution in [3.63, 3.8) is 0 Å². The topological polar surface area (TPSA) is 74.4 Å². The SMILES string of the molecule is Cc1cc(C)c2[nH]c(=O)c(CNC[C@H](O)COc3cccc(C)c3C)cc2c1. The van der Waals surface area contributed by atoms with Gasteiger partial charge in [0.15, 0.2) is 0 Å². The van der Waals surface area contributed by atoms with Gasteiger partial charge in [0.2, 0.25) is 0 Å². The molecule has 1 heterocycles. The van der Waals surface area contributed by atoms with Crippen LogP contribution in [0.5, 0.6) is 5.75 Å². The Morgan fingerprint density at radius 1 is 1.11 bits per heavy atom. The van der Waals surface area contributed by atoms with Crippen LogP contribution in [0.3, 0.4) is 0 Å². The molecule has 0 unspecified atom stereocenters. The third-order valence-electron chi connectivity index (χ3n) is 5.05. The number of H-pyrrole nitrogens is 1. The molecule has 2 aromatic carbocycles. The van der Waals surface area contributed by atoms with E-state index >= 15 is 0 Å². The fourth-order valence-electron chi connectivity index (χ4n) is 3.36. The van der Waals surface area contributed by atoms with Crippen molar-refractivity contribution in [2.24, 2.45) is 0 Å². The Morgan fingerprint density at radius 2 is 1.89 bits per heavy atom. The van der Waals surface area contributed by atoms with Crippen LogP contribution in [0.15, 0.2) is 41.2 Å². The smallest absolute Gasteiger partial charge is 0.252 e. The summed E-state index contributed by atoms with van der Waals surface area (Å²) in [4.78, 5) is 15.3. The van der Waals surface area contributed by atoms with Gasteiger partial charge in [-0.2, -0.15) is 0 Å². The van der Waals surface area contributed by atoms with Crippen LogP contribution in [0, 0.1) is 27.7 Å². The van der Waals surface area contributed by atoms with Gasteiger partial charge in [-0.15, -0.1) is 0 Å². The van der Waals surface area contributed by atoms with E-state index < -0.39 is 6.10 Å². The number of nitrogens with one attached hydrogen (secondary N) is 2. The van der Waals surface area contributed by atoms with Gasteiger partial charge >= 0.3 is 0 Å². The molecule has 0 spiro atoms. The normalized spacial score (nSPS) is 12.3. The molecule has 0 radical (unpaired) electrons. The summed E-state index contributed by atoms with van der Waals surface area (Å²) in [6, 6.07) is 11.9. The molecule has 0 saturated carbocycles. The Morgan fingerprint density at radius 3 is 2.68 bits per heavy atom. The minimum Gasteiger partial charge on any atom is -0.491 e. The number of ether oxygens (including phenoxy) is 1. The van der Waals surface area contributed by atoms with Crippen molar-refractivity contribution in [3.05, 3.63) is 74.6 Å². The molecule has 148 valence electrons. The highest BCUT2D eigenvalue weighted by Crippen LogP contribution is 2.20. The van der Waals surface area contributed by atoms with Crippen LogP contribution in [0.4, 0.5) is 0 Å². The molecule has 3 N–H and O–H groups in total. The van der Waals surface area contributed by atoms with E-state index in [0.29, 0.717) is 18.7 Å². The Hall–Kier alpha value is -2.63. The molecule has 0 bridgehead atoms. The minimum absolute atomic E-state index is 0.104. The van der Waals surface area contributed by atoms with Gasteiger partial charge in [0.05, 0.1) is 5.52 Å². The quantitative estimate of drug-likeness (QED) is 0.588. The first-order valence-electron chi connectivity index (χ1n) is 9.56. The summed E-state index contributed by atoms with van der Waals surface area (Å²) in [7, 11) is 0. The summed E-state index contributed by atoms with van der Waals surface area (Å²) in [5.74, 6) is 0.788. The number of hydrogen-bond donors (Lipinski definition) is 3. The van der Waals surface area contributed by atoms with Crippen molar-refractivity contribution in [1.82, 2.24) is 10.3 Å². The molecule has 0 saturated heterocycles. The number of aromatic amines is 1. The molecular formula is C23H28N2O3. The molecule has 0 aliphatic heterocycles. The first-order chi connectivity index (χ1) is 13.3. The third-order valence-corrected chi connectivity index (χ3v) is 5.05. The van der Waals surface area contributed by atoms with Crippen LogP contribution < -0.4 is 15.6 Å². The number of aliphatic hydroxyl groups is 1. The van der Waals surface area contributed by atoms with Crippen molar-refractivity contribution < 1.29 is 9.84 Å². The van der Waals surface area contributed by atoms with Gasteiger partial charge in [-0.25, -0.2) is 0 Å². The van der Waals surface area contributed by atoms with Gasteiger partial charge in [0, 0.05) is 18.7 Å². The molecule has 0 aliphatic rings. The van der Waals surface area contributed by atoms with E-state index in [4.69, 9.17) is 4.74 Å². The summed E-state index contributed by atoms with van der Waals surface area (Å²) in [5, 5.41) is 14.4. The fraction of sp³-hybridized carbons (Fsp3) is 0.348. The summed E-state index contributed by atoms with van der Waals surface area (Å²) >= 11 is 0. The monoisotopic (exact) mass is 380 g/mol. The number of aryl methyl sites for hydroxylation is 3. The lowest BCUT2D eigenvalue weighted by Gasteiger charge is -2.15. The first-order valence-corrected chi connectivity index (χ1v) is 9.56. The van der Waals surface area contributed by atoms with Gasteiger partial charge in [0.25, 0.3) is 5.56 Å². The number of benzene rings is 2. The van der Waals surface area contributed by atoms with E-state index in [1.54, 1.807) is 0 Å². The average molecular weight is 380 g/mol. The summed E-state index contributed by atoms with van der Waals surface area (Å²) in [6.07, 6.45) is -0.663. The predicted octanol–water partition coefficient (Wildman–Crippen LogP) is 3.29. The molecule has 0 aliphatic carbocycles. The van der Waals surface area contributed by atoms with Crippen molar-refractivity contribution in [3.8, 4) is 5.75 Å². The lowest BCUT2D eigenvalue weighted by molar-refractivity contribution is 0.106. The maximum absolute atomic E-state index is 12.3. The predicted molar refractivity (Wildman–Crippen MR) is 113 cm³/mol. The molecule has 1 aromatic heterocycles. The van der Waals surface area contributed by atoms with E-state index in [1.165, 1.54) is 0 Å². The zero-order chi connectivity index (χ0) is 20.3. The number of aromatic nitrogens is 1. The minimum atomic E-state index is -0.663. The molecular weight excluding hydrogens is 352 g/mol. The van der Waals surface area contributed by atoms with Crippen molar-refractivity contribution in [2.45, 2.75) is 40.3 Å². The van der Waals surface area contributed by atoms with E-state index in [-0.39, 0.29) is 12.2 Å². The maximum Gasteiger partial charge on any atom is 0.252 e. The van der Waals surface area contributed by atoms with Crippen LogP contribution in [-0.2, 0) is 6.54 Å². The Labute approximate surface area is 165 Å². The summed E-state index contributed by atoms with van der Waals surface area (Å²) in [6.45, 7) is 9.00. The second kappa shape index (κ2) is 8.59. The van der Waals surface area contributed by atoms with Crippen molar-refractivity contribution in [1.29, 1.82) is 0 Å². The number of rotatable bonds is 7. The van der Waals surface area contributed by atoms with E-state index in [1.807, 2.05) is 52.0 Å². The molecule has 28 heavy (non-hydrogen) atoms. The van der Waals surface area contributed by atoms with Crippen molar-refractivity contribution >= 4 is 10.9 Å². The van der Waals surface area contributed by atoms with Crippen LogP contribution in [-0.4, -0.2) is 29.3 Å². The second-order valence-electron chi connectivity index (χ2n) is 7.46. The molecule has 3 rings (SSSR count). The van der Waals surface area contributed by atoms with Crippen LogP contribution in [0.1, 0.15) is 27.8 Å². The van der Waals surface area contributed by atoms with E-state index in [0.717, 1.165) is 38.9 Å². The zero-order valence-corrected chi connectivity index (χ0v) is 16.9.